The first kappa shape index (κ1) is 28.7. The number of aryl methyl sites for hydroxylation is 2. The standard InChI is InChI=1S/C29H41N3O4S/c1-22-15-17-27(18-16-22)32(37(4,35)36)19-9-14-28(33)31(21-25-11-8-10-23(2)20-25)24(3)29(34)30-26-12-6-5-7-13-26/h8,10-11,15-18,20,24,26H,5-7,9,12-14,19,21H2,1-4H3,(H,30,34)/t24-/m0/s1. The Labute approximate surface area is 222 Å². The molecule has 0 radical (unpaired) electrons. The van der Waals surface area contributed by atoms with Crippen LogP contribution < -0.4 is 9.62 Å². The summed E-state index contributed by atoms with van der Waals surface area (Å²) in [5.74, 6) is -0.296. The smallest absolute Gasteiger partial charge is 0.242 e. The van der Waals surface area contributed by atoms with E-state index in [0.29, 0.717) is 18.7 Å². The van der Waals surface area contributed by atoms with Gasteiger partial charge in [0.2, 0.25) is 21.8 Å². The molecule has 37 heavy (non-hydrogen) atoms. The van der Waals surface area contributed by atoms with Gasteiger partial charge in [-0.05, 0) is 57.7 Å². The second-order valence-corrected chi connectivity index (χ2v) is 12.2. The molecule has 0 saturated heterocycles. The van der Waals surface area contributed by atoms with Gasteiger partial charge in [-0.2, -0.15) is 0 Å². The molecule has 2 amide bonds. The van der Waals surface area contributed by atoms with Crippen molar-refractivity contribution in [3.63, 3.8) is 0 Å². The van der Waals surface area contributed by atoms with Crippen LogP contribution in [0.1, 0.15) is 68.6 Å². The third-order valence-corrected chi connectivity index (χ3v) is 8.22. The van der Waals surface area contributed by atoms with Crippen molar-refractivity contribution in [2.24, 2.45) is 0 Å². The first-order valence-corrected chi connectivity index (χ1v) is 15.1. The van der Waals surface area contributed by atoms with Crippen molar-refractivity contribution in [2.75, 3.05) is 17.1 Å². The molecule has 3 rings (SSSR count). The van der Waals surface area contributed by atoms with Gasteiger partial charge in [0.25, 0.3) is 0 Å². The maximum atomic E-state index is 13.5. The normalized spacial score (nSPS) is 15.1. The summed E-state index contributed by atoms with van der Waals surface area (Å²) in [6, 6.07) is 14.8. The fourth-order valence-electron chi connectivity index (χ4n) is 4.87. The van der Waals surface area contributed by atoms with Gasteiger partial charge in [-0.1, -0.05) is 66.8 Å². The Hall–Kier alpha value is -2.87. The molecule has 1 N–H and O–H groups in total. The van der Waals surface area contributed by atoms with E-state index in [-0.39, 0.29) is 30.8 Å². The van der Waals surface area contributed by atoms with E-state index in [0.717, 1.165) is 42.4 Å². The Bertz CT molecular complexity index is 1160. The molecule has 8 heteroatoms. The monoisotopic (exact) mass is 527 g/mol. The number of carbonyl (C=O) groups excluding carboxylic acids is 2. The van der Waals surface area contributed by atoms with Gasteiger partial charge in [0, 0.05) is 25.6 Å². The largest absolute Gasteiger partial charge is 0.352 e. The lowest BCUT2D eigenvalue weighted by Gasteiger charge is -2.31. The van der Waals surface area contributed by atoms with Gasteiger partial charge < -0.3 is 10.2 Å². The summed E-state index contributed by atoms with van der Waals surface area (Å²) >= 11 is 0. The van der Waals surface area contributed by atoms with E-state index in [2.05, 4.69) is 5.32 Å². The highest BCUT2D eigenvalue weighted by Crippen LogP contribution is 2.21. The van der Waals surface area contributed by atoms with E-state index in [9.17, 15) is 18.0 Å². The Morgan fingerprint density at radius 1 is 1.00 bits per heavy atom. The zero-order valence-electron chi connectivity index (χ0n) is 22.6. The predicted molar refractivity (Wildman–Crippen MR) is 149 cm³/mol. The van der Waals surface area contributed by atoms with Gasteiger partial charge in [-0.15, -0.1) is 0 Å². The number of anilines is 1. The summed E-state index contributed by atoms with van der Waals surface area (Å²) in [6.07, 6.45) is 7.05. The van der Waals surface area contributed by atoms with Gasteiger partial charge in [0.05, 0.1) is 11.9 Å². The van der Waals surface area contributed by atoms with E-state index in [1.54, 1.807) is 24.0 Å². The van der Waals surface area contributed by atoms with E-state index < -0.39 is 16.1 Å². The predicted octanol–water partition coefficient (Wildman–Crippen LogP) is 4.72. The Morgan fingerprint density at radius 2 is 1.68 bits per heavy atom. The summed E-state index contributed by atoms with van der Waals surface area (Å²) in [6.45, 7) is 6.24. The van der Waals surface area contributed by atoms with Gasteiger partial charge in [-0.25, -0.2) is 8.42 Å². The van der Waals surface area contributed by atoms with Crippen LogP contribution in [0.25, 0.3) is 0 Å². The number of nitrogens with zero attached hydrogens (tertiary/aromatic N) is 2. The molecule has 0 spiro atoms. The van der Waals surface area contributed by atoms with Gasteiger partial charge in [0.15, 0.2) is 0 Å². The van der Waals surface area contributed by atoms with Crippen LogP contribution in [0.4, 0.5) is 5.69 Å². The molecule has 202 valence electrons. The molecule has 2 aromatic rings. The highest BCUT2D eigenvalue weighted by Gasteiger charge is 2.28. The maximum absolute atomic E-state index is 13.5. The lowest BCUT2D eigenvalue weighted by Crippen LogP contribution is -2.50. The number of rotatable bonds is 11. The van der Waals surface area contributed by atoms with Crippen molar-refractivity contribution in [1.29, 1.82) is 0 Å². The third-order valence-electron chi connectivity index (χ3n) is 7.03. The van der Waals surface area contributed by atoms with Crippen molar-refractivity contribution in [2.45, 2.75) is 84.3 Å². The van der Waals surface area contributed by atoms with Crippen LogP contribution in [-0.4, -0.2) is 50.0 Å². The van der Waals surface area contributed by atoms with E-state index in [4.69, 9.17) is 0 Å². The molecule has 7 nitrogen and oxygen atoms in total. The molecule has 1 atom stereocenters. The molecule has 0 aromatic heterocycles. The van der Waals surface area contributed by atoms with Crippen molar-refractivity contribution < 1.29 is 18.0 Å². The van der Waals surface area contributed by atoms with E-state index >= 15 is 0 Å². The minimum absolute atomic E-state index is 0.134. The first-order chi connectivity index (χ1) is 17.5. The van der Waals surface area contributed by atoms with Crippen molar-refractivity contribution >= 4 is 27.5 Å². The van der Waals surface area contributed by atoms with Gasteiger partial charge in [-0.3, -0.25) is 13.9 Å². The first-order valence-electron chi connectivity index (χ1n) is 13.2. The van der Waals surface area contributed by atoms with Gasteiger partial charge in [0.1, 0.15) is 6.04 Å². The van der Waals surface area contributed by atoms with Crippen molar-refractivity contribution in [3.8, 4) is 0 Å². The van der Waals surface area contributed by atoms with Gasteiger partial charge >= 0.3 is 0 Å². The Balaban J connectivity index is 1.71. The minimum Gasteiger partial charge on any atom is -0.352 e. The number of hydrogen-bond acceptors (Lipinski definition) is 4. The Kier molecular flexibility index (Phi) is 10.1. The second kappa shape index (κ2) is 13.1. The van der Waals surface area contributed by atoms with Crippen LogP contribution in [0.2, 0.25) is 0 Å². The van der Waals surface area contributed by atoms with Crippen LogP contribution in [0.3, 0.4) is 0 Å². The summed E-state index contributed by atoms with van der Waals surface area (Å²) < 4.78 is 26.3. The number of amides is 2. The fourth-order valence-corrected chi connectivity index (χ4v) is 5.84. The summed E-state index contributed by atoms with van der Waals surface area (Å²) in [5, 5.41) is 3.15. The molecular weight excluding hydrogens is 486 g/mol. The molecular formula is C29H41N3O4S. The fraction of sp³-hybridized carbons (Fsp3) is 0.517. The highest BCUT2D eigenvalue weighted by molar-refractivity contribution is 7.92. The zero-order valence-corrected chi connectivity index (χ0v) is 23.4. The molecule has 1 saturated carbocycles. The van der Waals surface area contributed by atoms with Crippen LogP contribution in [0, 0.1) is 13.8 Å². The molecule has 1 aliphatic rings. The quantitative estimate of drug-likeness (QED) is 0.458. The van der Waals surface area contributed by atoms with Crippen molar-refractivity contribution in [3.05, 3.63) is 65.2 Å². The second-order valence-electron chi connectivity index (χ2n) is 10.3. The third kappa shape index (κ3) is 8.59. The molecule has 0 bridgehead atoms. The van der Waals surface area contributed by atoms with E-state index in [1.165, 1.54) is 17.0 Å². The number of nitrogens with one attached hydrogen (secondary N) is 1. The average Bonchev–Trinajstić information content (AvgIpc) is 2.85. The van der Waals surface area contributed by atoms with E-state index in [1.807, 2.05) is 50.2 Å². The lowest BCUT2D eigenvalue weighted by atomic mass is 9.95. The van der Waals surface area contributed by atoms with Crippen molar-refractivity contribution in [1.82, 2.24) is 10.2 Å². The van der Waals surface area contributed by atoms with Crippen LogP contribution in [0.15, 0.2) is 48.5 Å². The SMILES string of the molecule is Cc1ccc(N(CCCC(=O)N(Cc2cccc(C)c2)[C@@H](C)C(=O)NC2CCCCC2)S(C)(=O)=O)cc1. The lowest BCUT2D eigenvalue weighted by molar-refractivity contribution is -0.141. The molecule has 1 aliphatic carbocycles. The number of carbonyl (C=O) groups is 2. The maximum Gasteiger partial charge on any atom is 0.242 e. The average molecular weight is 528 g/mol. The number of benzene rings is 2. The summed E-state index contributed by atoms with van der Waals surface area (Å²) in [7, 11) is -3.50. The minimum atomic E-state index is -3.50. The van der Waals surface area contributed by atoms with Crippen LogP contribution in [-0.2, 0) is 26.2 Å². The summed E-state index contributed by atoms with van der Waals surface area (Å²) in [5.41, 5.74) is 3.67. The molecule has 0 heterocycles. The number of hydrogen-bond donors (Lipinski definition) is 1. The zero-order chi connectivity index (χ0) is 27.0. The molecule has 0 unspecified atom stereocenters. The molecule has 2 aromatic carbocycles. The Morgan fingerprint density at radius 3 is 2.30 bits per heavy atom. The highest BCUT2D eigenvalue weighted by atomic mass is 32.2. The summed E-state index contributed by atoms with van der Waals surface area (Å²) in [4.78, 5) is 28.2. The van der Waals surface area contributed by atoms with Crippen LogP contribution in [0.5, 0.6) is 0 Å². The molecule has 0 aliphatic heterocycles. The number of sulfonamides is 1. The molecule has 1 fully saturated rings. The van der Waals surface area contributed by atoms with Crippen LogP contribution >= 0.6 is 0 Å². The topological polar surface area (TPSA) is 86.8 Å².